The largest absolute Gasteiger partial charge is 0.491 e. The van der Waals surface area contributed by atoms with Crippen molar-refractivity contribution in [1.29, 1.82) is 0 Å². The van der Waals surface area contributed by atoms with Crippen LogP contribution < -0.4 is 21.1 Å². The molecule has 0 bridgehead atoms. The Hall–Kier alpha value is -3.13. The van der Waals surface area contributed by atoms with Crippen molar-refractivity contribution < 1.29 is 18.7 Å². The maximum Gasteiger partial charge on any atom is 0.222 e. The summed E-state index contributed by atoms with van der Waals surface area (Å²) < 4.78 is 24.3. The molecule has 7 nitrogen and oxygen atoms in total. The van der Waals surface area contributed by atoms with Gasteiger partial charge in [0.15, 0.2) is 5.96 Å². The number of benzene rings is 2. The molecule has 8 heteroatoms. The molecule has 0 aliphatic rings. The van der Waals surface area contributed by atoms with Gasteiger partial charge in [-0.3, -0.25) is 9.79 Å². The van der Waals surface area contributed by atoms with Crippen molar-refractivity contribution >= 4 is 11.9 Å². The molecule has 1 atom stereocenters. The fourth-order valence-electron chi connectivity index (χ4n) is 3.09. The fraction of sp³-hybridized carbons (Fsp3) is 0.417. The summed E-state index contributed by atoms with van der Waals surface area (Å²) in [7, 11) is 1.66. The van der Waals surface area contributed by atoms with E-state index in [-0.39, 0.29) is 5.82 Å². The van der Waals surface area contributed by atoms with Crippen LogP contribution >= 0.6 is 0 Å². The highest BCUT2D eigenvalue weighted by atomic mass is 19.1. The van der Waals surface area contributed by atoms with Gasteiger partial charge in [-0.2, -0.15) is 0 Å². The van der Waals surface area contributed by atoms with Crippen LogP contribution in [0.25, 0.3) is 0 Å². The number of hydrogen-bond acceptors (Lipinski definition) is 4. The summed E-state index contributed by atoms with van der Waals surface area (Å²) >= 11 is 0. The molecule has 1 unspecified atom stereocenters. The quantitative estimate of drug-likeness (QED) is 0.266. The number of nitrogens with two attached hydrogens (primary N) is 1. The average molecular weight is 445 g/mol. The molecule has 0 saturated heterocycles. The van der Waals surface area contributed by atoms with Crippen LogP contribution in [-0.4, -0.2) is 45.3 Å². The Labute approximate surface area is 189 Å². The van der Waals surface area contributed by atoms with Crippen molar-refractivity contribution in [3.8, 4) is 5.75 Å². The molecule has 1 amide bonds. The van der Waals surface area contributed by atoms with E-state index in [4.69, 9.17) is 15.2 Å². The summed E-state index contributed by atoms with van der Waals surface area (Å²) in [5.41, 5.74) is 8.49. The Morgan fingerprint density at radius 3 is 2.56 bits per heavy atom. The Morgan fingerprint density at radius 1 is 1.16 bits per heavy atom. The lowest BCUT2D eigenvalue weighted by atomic mass is 9.98. The van der Waals surface area contributed by atoms with Gasteiger partial charge in [-0.05, 0) is 49.6 Å². The first-order valence-electron chi connectivity index (χ1n) is 10.7. The molecule has 174 valence electrons. The van der Waals surface area contributed by atoms with Crippen LogP contribution in [0, 0.1) is 18.7 Å². The van der Waals surface area contributed by atoms with Crippen LogP contribution in [0.4, 0.5) is 4.39 Å². The highest BCUT2D eigenvalue weighted by molar-refractivity contribution is 5.81. The first-order chi connectivity index (χ1) is 15.4. The zero-order valence-corrected chi connectivity index (χ0v) is 19.0. The maximum atomic E-state index is 13.1. The number of carbonyl (C=O) groups excluding carboxylic acids is 1. The summed E-state index contributed by atoms with van der Waals surface area (Å²) in [6, 6.07) is 12.1. The number of halogens is 1. The van der Waals surface area contributed by atoms with Crippen molar-refractivity contribution in [3.63, 3.8) is 0 Å². The minimum atomic E-state index is -0.462. The number of primary amides is 1. The molecule has 0 aliphatic heterocycles. The molecular formula is C24H33FN4O3. The van der Waals surface area contributed by atoms with Gasteiger partial charge in [0, 0.05) is 32.3 Å². The van der Waals surface area contributed by atoms with Crippen LogP contribution in [0.15, 0.2) is 47.5 Å². The minimum Gasteiger partial charge on any atom is -0.491 e. The van der Waals surface area contributed by atoms with E-state index in [0.717, 1.165) is 22.4 Å². The van der Waals surface area contributed by atoms with Gasteiger partial charge >= 0.3 is 0 Å². The number of ether oxygens (including phenoxy) is 2. The van der Waals surface area contributed by atoms with E-state index >= 15 is 0 Å². The van der Waals surface area contributed by atoms with E-state index in [1.54, 1.807) is 19.2 Å². The zero-order valence-electron chi connectivity index (χ0n) is 19.0. The maximum absolute atomic E-state index is 13.1. The van der Waals surface area contributed by atoms with E-state index in [0.29, 0.717) is 45.3 Å². The molecule has 4 N–H and O–H groups in total. The Balaban J connectivity index is 1.92. The van der Waals surface area contributed by atoms with Crippen LogP contribution in [0.5, 0.6) is 5.75 Å². The SMILES string of the molecule is CCOCCOc1cc(C)ccc1CNC(=NC)NCC(Cc1ccc(F)cc1)C(N)=O. The topological polar surface area (TPSA) is 98.0 Å². The highest BCUT2D eigenvalue weighted by Gasteiger charge is 2.17. The Morgan fingerprint density at radius 2 is 1.91 bits per heavy atom. The number of guanidine groups is 1. The van der Waals surface area contributed by atoms with Crippen LogP contribution in [0.3, 0.4) is 0 Å². The lowest BCUT2D eigenvalue weighted by molar-refractivity contribution is -0.121. The van der Waals surface area contributed by atoms with Gasteiger partial charge in [0.25, 0.3) is 0 Å². The number of rotatable bonds is 12. The zero-order chi connectivity index (χ0) is 23.3. The third-order valence-corrected chi connectivity index (χ3v) is 4.90. The van der Waals surface area contributed by atoms with Crippen molar-refractivity contribution in [1.82, 2.24) is 10.6 Å². The van der Waals surface area contributed by atoms with Gasteiger partial charge in [-0.15, -0.1) is 0 Å². The molecule has 2 aromatic carbocycles. The molecule has 0 radical (unpaired) electrons. The van der Waals surface area contributed by atoms with E-state index in [9.17, 15) is 9.18 Å². The molecule has 2 rings (SSSR count). The van der Waals surface area contributed by atoms with E-state index in [1.807, 2.05) is 32.0 Å². The molecular weight excluding hydrogens is 411 g/mol. The van der Waals surface area contributed by atoms with E-state index < -0.39 is 11.8 Å². The summed E-state index contributed by atoms with van der Waals surface area (Å²) in [5.74, 6) is 0.122. The van der Waals surface area contributed by atoms with Crippen LogP contribution in [-0.2, 0) is 22.5 Å². The van der Waals surface area contributed by atoms with Crippen molar-refractivity contribution in [2.75, 3.05) is 33.4 Å². The number of aliphatic imine (C=N–C) groups is 1. The Bertz CT molecular complexity index is 887. The van der Waals surface area contributed by atoms with Crippen molar-refractivity contribution in [2.24, 2.45) is 16.6 Å². The summed E-state index contributed by atoms with van der Waals surface area (Å²) in [4.78, 5) is 16.1. The Kier molecular flexibility index (Phi) is 10.5. The van der Waals surface area contributed by atoms with Crippen molar-refractivity contribution in [2.45, 2.75) is 26.8 Å². The lowest BCUT2D eigenvalue weighted by Gasteiger charge is -2.18. The number of nitrogens with one attached hydrogen (secondary N) is 2. The highest BCUT2D eigenvalue weighted by Crippen LogP contribution is 2.20. The molecule has 2 aromatic rings. The van der Waals surface area contributed by atoms with Crippen LogP contribution in [0.1, 0.15) is 23.6 Å². The molecule has 32 heavy (non-hydrogen) atoms. The fourth-order valence-corrected chi connectivity index (χ4v) is 3.09. The molecule has 0 aromatic heterocycles. The number of amides is 1. The van der Waals surface area contributed by atoms with E-state index in [2.05, 4.69) is 15.6 Å². The van der Waals surface area contributed by atoms with Gasteiger partial charge in [0.1, 0.15) is 18.2 Å². The summed E-state index contributed by atoms with van der Waals surface area (Å²) in [6.45, 7) is 6.41. The molecule has 0 fully saturated rings. The van der Waals surface area contributed by atoms with Gasteiger partial charge in [-0.1, -0.05) is 24.3 Å². The second kappa shape index (κ2) is 13.3. The molecule has 0 aliphatic carbocycles. The van der Waals surface area contributed by atoms with Gasteiger partial charge in [0.05, 0.1) is 12.5 Å². The lowest BCUT2D eigenvalue weighted by Crippen LogP contribution is -2.42. The summed E-state index contributed by atoms with van der Waals surface area (Å²) in [5, 5.41) is 6.39. The van der Waals surface area contributed by atoms with Crippen LogP contribution in [0.2, 0.25) is 0 Å². The predicted molar refractivity (Wildman–Crippen MR) is 124 cm³/mol. The minimum absolute atomic E-state index is 0.304. The second-order valence-electron chi connectivity index (χ2n) is 7.39. The number of carbonyl (C=O) groups is 1. The standard InChI is InChI=1S/C24H33FN4O3/c1-4-31-11-12-32-22-13-17(2)5-8-19(22)15-28-24(27-3)29-16-20(23(26)30)14-18-6-9-21(25)10-7-18/h5-10,13,20H,4,11-12,14-16H2,1-3H3,(H2,26,30)(H2,27,28,29). The average Bonchev–Trinajstić information content (AvgIpc) is 2.78. The van der Waals surface area contributed by atoms with Gasteiger partial charge in [-0.25, -0.2) is 4.39 Å². The second-order valence-corrected chi connectivity index (χ2v) is 7.39. The number of nitrogens with zero attached hydrogens (tertiary/aromatic N) is 1. The molecule has 0 heterocycles. The molecule has 0 spiro atoms. The predicted octanol–water partition coefficient (Wildman–Crippen LogP) is 2.56. The van der Waals surface area contributed by atoms with E-state index in [1.165, 1.54) is 12.1 Å². The summed E-state index contributed by atoms with van der Waals surface area (Å²) in [6.07, 6.45) is 0.412. The first-order valence-corrected chi connectivity index (χ1v) is 10.7. The number of aryl methyl sites for hydroxylation is 1. The smallest absolute Gasteiger partial charge is 0.222 e. The monoisotopic (exact) mass is 444 g/mol. The van der Waals surface area contributed by atoms with Crippen molar-refractivity contribution in [3.05, 3.63) is 65.0 Å². The molecule has 0 saturated carbocycles. The van der Waals surface area contributed by atoms with Gasteiger partial charge in [0.2, 0.25) is 5.91 Å². The van der Waals surface area contributed by atoms with Gasteiger partial charge < -0.3 is 25.8 Å². The third kappa shape index (κ3) is 8.55. The number of hydrogen-bond donors (Lipinski definition) is 3. The third-order valence-electron chi connectivity index (χ3n) is 4.90. The first kappa shape index (κ1) is 25.1. The normalized spacial score (nSPS) is 12.3.